The van der Waals surface area contributed by atoms with E-state index in [1.54, 1.807) is 13.0 Å². The van der Waals surface area contributed by atoms with Crippen LogP contribution in [0.3, 0.4) is 0 Å². The lowest BCUT2D eigenvalue weighted by molar-refractivity contribution is -0.135. The molecule has 2 aromatic carbocycles. The first kappa shape index (κ1) is 25.0. The third-order valence-electron chi connectivity index (χ3n) is 6.78. The Bertz CT molecular complexity index is 1230. The number of ether oxygens (including phenoxy) is 1. The molecular weight excluding hydrogens is 456 g/mol. The minimum Gasteiger partial charge on any atom is -0.445 e. The number of nitrogens with one attached hydrogen (secondary N) is 1. The lowest BCUT2D eigenvalue weighted by atomic mass is 9.80. The van der Waals surface area contributed by atoms with Gasteiger partial charge < -0.3 is 15.0 Å². The zero-order valence-electron chi connectivity index (χ0n) is 20.7. The van der Waals surface area contributed by atoms with E-state index in [1.807, 2.05) is 68.4 Å². The highest BCUT2D eigenvalue weighted by Crippen LogP contribution is 2.46. The molecule has 0 saturated carbocycles. The van der Waals surface area contributed by atoms with Crippen LogP contribution in [0, 0.1) is 11.3 Å². The summed E-state index contributed by atoms with van der Waals surface area (Å²) >= 11 is 0. The summed E-state index contributed by atoms with van der Waals surface area (Å²) in [4.78, 5) is 42.9. The molecule has 0 radical (unpaired) electrons. The van der Waals surface area contributed by atoms with Crippen molar-refractivity contribution in [1.29, 1.82) is 5.26 Å². The van der Waals surface area contributed by atoms with E-state index in [9.17, 15) is 19.6 Å². The van der Waals surface area contributed by atoms with E-state index in [4.69, 9.17) is 4.74 Å². The number of amides is 3. The van der Waals surface area contributed by atoms with Crippen LogP contribution in [0.1, 0.15) is 38.3 Å². The summed E-state index contributed by atoms with van der Waals surface area (Å²) in [7, 11) is 0. The van der Waals surface area contributed by atoms with Gasteiger partial charge in [0.2, 0.25) is 5.91 Å². The van der Waals surface area contributed by atoms with Crippen LogP contribution in [-0.4, -0.2) is 52.9 Å². The van der Waals surface area contributed by atoms with Gasteiger partial charge in [0.05, 0.1) is 11.5 Å². The SMILES string of the molecule is CCN(C(=O)OCc1ccccc1)[C@@H](C=C(C)C)C(=O)N1C[C@]2(C[C@H]1C#N)C(=O)Nc1ccccc12. The molecule has 8 heteroatoms. The van der Waals surface area contributed by atoms with Crippen molar-refractivity contribution in [3.8, 4) is 6.07 Å². The maximum Gasteiger partial charge on any atom is 0.411 e. The van der Waals surface area contributed by atoms with Gasteiger partial charge in [0, 0.05) is 25.2 Å². The van der Waals surface area contributed by atoms with Crippen molar-refractivity contribution in [3.63, 3.8) is 0 Å². The predicted molar refractivity (Wildman–Crippen MR) is 135 cm³/mol. The number of carbonyl (C=O) groups is 3. The van der Waals surface area contributed by atoms with Crippen molar-refractivity contribution in [2.45, 2.75) is 51.3 Å². The minimum atomic E-state index is -0.993. The fourth-order valence-corrected chi connectivity index (χ4v) is 5.01. The molecule has 3 amide bonds. The van der Waals surface area contributed by atoms with E-state index >= 15 is 0 Å². The standard InChI is InChI=1S/C28H30N4O4/c1-4-31(27(35)36-17-20-10-6-5-7-11-20)24(14-19(2)3)25(33)32-18-28(15-21(32)16-29)22-12-8-9-13-23(22)30-26(28)34/h5-14,21,24H,4,15,17-18H2,1-3H3,(H,30,34)/t21-,24-,28-/m0/s1. The van der Waals surface area contributed by atoms with Gasteiger partial charge in [-0.25, -0.2) is 4.79 Å². The van der Waals surface area contributed by atoms with E-state index < -0.39 is 29.5 Å². The third-order valence-corrected chi connectivity index (χ3v) is 6.78. The summed E-state index contributed by atoms with van der Waals surface area (Å²) in [6.45, 7) is 5.84. The first-order chi connectivity index (χ1) is 17.3. The number of carbonyl (C=O) groups excluding carboxylic acids is 3. The average molecular weight is 487 g/mol. The zero-order valence-corrected chi connectivity index (χ0v) is 20.7. The van der Waals surface area contributed by atoms with Crippen LogP contribution in [0.25, 0.3) is 0 Å². The number of fused-ring (bicyclic) bond motifs is 2. The predicted octanol–water partition coefficient (Wildman–Crippen LogP) is 3.99. The Kier molecular flexibility index (Phi) is 7.11. The van der Waals surface area contributed by atoms with Crippen molar-refractivity contribution < 1.29 is 19.1 Å². The topological polar surface area (TPSA) is 103 Å². The molecule has 1 spiro atoms. The quantitative estimate of drug-likeness (QED) is 0.622. The van der Waals surface area contributed by atoms with Gasteiger partial charge >= 0.3 is 6.09 Å². The van der Waals surface area contributed by atoms with Crippen LogP contribution >= 0.6 is 0 Å². The number of anilines is 1. The summed E-state index contributed by atoms with van der Waals surface area (Å²) in [5, 5.41) is 12.8. The highest BCUT2D eigenvalue weighted by Gasteiger charge is 2.56. The maximum absolute atomic E-state index is 13.9. The molecular formula is C28H30N4O4. The summed E-state index contributed by atoms with van der Waals surface area (Å²) < 4.78 is 5.52. The van der Waals surface area contributed by atoms with Crippen LogP contribution in [-0.2, 0) is 26.3 Å². The molecule has 2 aliphatic rings. The number of rotatable bonds is 6. The van der Waals surface area contributed by atoms with Crippen LogP contribution in [0.15, 0.2) is 66.2 Å². The van der Waals surface area contributed by atoms with Gasteiger partial charge in [-0.3, -0.25) is 14.5 Å². The van der Waals surface area contributed by atoms with E-state index in [0.29, 0.717) is 5.69 Å². The lowest BCUT2D eigenvalue weighted by Crippen LogP contribution is -2.52. The molecule has 3 atom stereocenters. The monoisotopic (exact) mass is 486 g/mol. The van der Waals surface area contributed by atoms with Gasteiger partial charge in [0.1, 0.15) is 18.7 Å². The molecule has 0 unspecified atom stereocenters. The molecule has 36 heavy (non-hydrogen) atoms. The Balaban J connectivity index is 1.61. The molecule has 0 aromatic heterocycles. The maximum atomic E-state index is 13.9. The van der Waals surface area contributed by atoms with E-state index in [-0.39, 0.29) is 32.0 Å². The number of nitrogens with zero attached hydrogens (tertiary/aromatic N) is 3. The van der Waals surface area contributed by atoms with Crippen molar-refractivity contribution in [2.75, 3.05) is 18.4 Å². The number of likely N-dealkylation sites (N-methyl/N-ethyl adjacent to an activating group) is 1. The molecule has 8 nitrogen and oxygen atoms in total. The molecule has 1 saturated heterocycles. The molecule has 0 bridgehead atoms. The fourth-order valence-electron chi connectivity index (χ4n) is 5.01. The van der Waals surface area contributed by atoms with E-state index in [2.05, 4.69) is 11.4 Å². The van der Waals surface area contributed by atoms with Gasteiger partial charge in [-0.05, 0) is 38.0 Å². The van der Waals surface area contributed by atoms with Crippen molar-refractivity contribution in [3.05, 3.63) is 77.4 Å². The van der Waals surface area contributed by atoms with Gasteiger partial charge in [0.15, 0.2) is 0 Å². The number of para-hydroxylation sites is 1. The molecule has 1 fully saturated rings. The van der Waals surface area contributed by atoms with Gasteiger partial charge in [0.25, 0.3) is 5.91 Å². The van der Waals surface area contributed by atoms with Crippen molar-refractivity contribution in [2.24, 2.45) is 0 Å². The molecule has 2 aliphatic heterocycles. The molecule has 2 heterocycles. The second-order valence-corrected chi connectivity index (χ2v) is 9.41. The number of nitriles is 1. The largest absolute Gasteiger partial charge is 0.445 e. The van der Waals surface area contributed by atoms with Crippen LogP contribution in [0.4, 0.5) is 10.5 Å². The average Bonchev–Trinajstić information content (AvgIpc) is 3.40. The third kappa shape index (κ3) is 4.57. The van der Waals surface area contributed by atoms with Crippen LogP contribution < -0.4 is 5.32 Å². The van der Waals surface area contributed by atoms with Crippen LogP contribution in [0.5, 0.6) is 0 Å². The number of likely N-dealkylation sites (tertiary alicyclic amines) is 1. The normalized spacial score (nSPS) is 20.8. The van der Waals surface area contributed by atoms with Gasteiger partial charge in [-0.15, -0.1) is 0 Å². The number of hydrogen-bond donors (Lipinski definition) is 1. The second-order valence-electron chi connectivity index (χ2n) is 9.41. The van der Waals surface area contributed by atoms with Gasteiger partial charge in [-0.1, -0.05) is 60.2 Å². The fraction of sp³-hybridized carbons (Fsp3) is 0.357. The number of benzene rings is 2. The summed E-state index contributed by atoms with van der Waals surface area (Å²) in [5.41, 5.74) is 2.18. The highest BCUT2D eigenvalue weighted by molar-refractivity contribution is 6.07. The minimum absolute atomic E-state index is 0.0661. The van der Waals surface area contributed by atoms with Crippen molar-refractivity contribution in [1.82, 2.24) is 9.80 Å². The summed E-state index contributed by atoms with van der Waals surface area (Å²) in [5.74, 6) is -0.622. The molecule has 186 valence electrons. The van der Waals surface area contributed by atoms with E-state index in [1.165, 1.54) is 9.80 Å². The molecule has 0 aliphatic carbocycles. The zero-order chi connectivity index (χ0) is 25.9. The Morgan fingerprint density at radius 1 is 1.22 bits per heavy atom. The van der Waals surface area contributed by atoms with Gasteiger partial charge in [-0.2, -0.15) is 5.26 Å². The molecule has 1 N–H and O–H groups in total. The molecule has 4 rings (SSSR count). The number of allylic oxidation sites excluding steroid dienone is 1. The van der Waals surface area contributed by atoms with Crippen LogP contribution in [0.2, 0.25) is 0 Å². The first-order valence-corrected chi connectivity index (χ1v) is 12.0. The van der Waals surface area contributed by atoms with Crippen molar-refractivity contribution >= 4 is 23.6 Å². The Hall–Kier alpha value is -4.12. The molecule has 2 aromatic rings. The Morgan fingerprint density at radius 3 is 2.58 bits per heavy atom. The lowest BCUT2D eigenvalue weighted by Gasteiger charge is -2.32. The first-order valence-electron chi connectivity index (χ1n) is 12.0. The second kappa shape index (κ2) is 10.2. The summed E-state index contributed by atoms with van der Waals surface area (Å²) in [6, 6.07) is 17.1. The number of hydrogen-bond acceptors (Lipinski definition) is 5. The van der Waals surface area contributed by atoms with E-state index in [0.717, 1.165) is 16.7 Å². The smallest absolute Gasteiger partial charge is 0.411 e. The highest BCUT2D eigenvalue weighted by atomic mass is 16.6. The Labute approximate surface area is 211 Å². The summed E-state index contributed by atoms with van der Waals surface area (Å²) in [6.07, 6.45) is 1.28. The Morgan fingerprint density at radius 2 is 1.92 bits per heavy atom.